The van der Waals surface area contributed by atoms with Gasteiger partial charge in [-0.3, -0.25) is 9.59 Å². The molecule has 1 aliphatic rings. The van der Waals surface area contributed by atoms with Gasteiger partial charge in [0.2, 0.25) is 5.91 Å². The molecule has 1 saturated heterocycles. The second-order valence-corrected chi connectivity index (χ2v) is 19.6. The van der Waals surface area contributed by atoms with Crippen molar-refractivity contribution >= 4 is 11.9 Å². The van der Waals surface area contributed by atoms with Gasteiger partial charge in [-0.25, -0.2) is 0 Å². The van der Waals surface area contributed by atoms with Crippen LogP contribution in [0.5, 0.6) is 0 Å². The molecule has 7 unspecified atom stereocenters. The number of hydrogen-bond acceptors (Lipinski definition) is 10. The lowest BCUT2D eigenvalue weighted by Gasteiger charge is -2.40. The highest BCUT2D eigenvalue weighted by Crippen LogP contribution is 2.23. The molecule has 0 aromatic heterocycles. The molecule has 1 amide bonds. The van der Waals surface area contributed by atoms with E-state index in [-0.39, 0.29) is 18.5 Å². The average Bonchev–Trinajstić information content (AvgIpc) is 3.32. The molecule has 0 saturated carbocycles. The third-order valence-corrected chi connectivity index (χ3v) is 13.3. The van der Waals surface area contributed by atoms with Gasteiger partial charge >= 0.3 is 5.97 Å². The smallest absolute Gasteiger partial charge is 0.305 e. The van der Waals surface area contributed by atoms with Gasteiger partial charge in [0.05, 0.1) is 32.0 Å². The molecule has 0 aromatic carbocycles. The van der Waals surface area contributed by atoms with Crippen molar-refractivity contribution in [2.45, 2.75) is 301 Å². The number of amides is 1. The SMILES string of the molecule is CCCCC/C=C\CCCCCCCC(=O)OCCCCCCCCCCCCCCCCCCCCC(=O)NC(COC1OC(CO)C(O)C(O)C1O)C(O)/C=C/CCCCCCCCC. The minimum absolute atomic E-state index is 0.0189. The Balaban J connectivity index is 2.05. The predicted octanol–water partition coefficient (Wildman–Crippen LogP) is 12.2. The molecule has 6 N–H and O–H groups in total. The maximum Gasteiger partial charge on any atom is 0.305 e. The molecule has 0 radical (unpaired) electrons. The average molecular weight is 952 g/mol. The summed E-state index contributed by atoms with van der Waals surface area (Å²) in [5.41, 5.74) is 0. The van der Waals surface area contributed by atoms with Gasteiger partial charge in [-0.15, -0.1) is 0 Å². The molecule has 1 heterocycles. The molecule has 0 spiro atoms. The Bertz CT molecular complexity index is 1170. The van der Waals surface area contributed by atoms with Crippen LogP contribution < -0.4 is 5.32 Å². The fourth-order valence-corrected chi connectivity index (χ4v) is 8.78. The maximum atomic E-state index is 13.0. The number of nitrogens with one attached hydrogen (secondary N) is 1. The highest BCUT2D eigenvalue weighted by Gasteiger charge is 2.44. The number of aliphatic hydroxyl groups is 5. The van der Waals surface area contributed by atoms with Crippen LogP contribution >= 0.6 is 0 Å². The fraction of sp³-hybridized carbons (Fsp3) is 0.893. The second kappa shape index (κ2) is 46.5. The lowest BCUT2D eigenvalue weighted by molar-refractivity contribution is -0.302. The zero-order valence-electron chi connectivity index (χ0n) is 43.1. The zero-order chi connectivity index (χ0) is 48.8. The van der Waals surface area contributed by atoms with Crippen molar-refractivity contribution in [2.75, 3.05) is 19.8 Å². The van der Waals surface area contributed by atoms with Gasteiger partial charge in [-0.05, 0) is 57.8 Å². The van der Waals surface area contributed by atoms with Crippen molar-refractivity contribution in [2.24, 2.45) is 0 Å². The molecule has 394 valence electrons. The van der Waals surface area contributed by atoms with Crippen LogP contribution in [0.4, 0.5) is 0 Å². The first-order valence-corrected chi connectivity index (χ1v) is 28.1. The van der Waals surface area contributed by atoms with Gasteiger partial charge in [-0.2, -0.15) is 0 Å². The minimum Gasteiger partial charge on any atom is -0.466 e. The number of carbonyl (C=O) groups excluding carboxylic acids is 2. The lowest BCUT2D eigenvalue weighted by Crippen LogP contribution is -2.60. The summed E-state index contributed by atoms with van der Waals surface area (Å²) in [6.07, 6.45) is 44.1. The topological polar surface area (TPSA) is 175 Å². The number of carbonyl (C=O) groups is 2. The van der Waals surface area contributed by atoms with Gasteiger partial charge in [0.25, 0.3) is 0 Å². The molecule has 11 heteroatoms. The predicted molar refractivity (Wildman–Crippen MR) is 274 cm³/mol. The van der Waals surface area contributed by atoms with Gasteiger partial charge in [0.15, 0.2) is 6.29 Å². The summed E-state index contributed by atoms with van der Waals surface area (Å²) < 4.78 is 16.6. The largest absolute Gasteiger partial charge is 0.466 e. The van der Waals surface area contributed by atoms with Crippen LogP contribution in [0, 0.1) is 0 Å². The van der Waals surface area contributed by atoms with Crippen molar-refractivity contribution in [1.29, 1.82) is 0 Å². The Labute approximate surface area is 410 Å². The van der Waals surface area contributed by atoms with Crippen molar-refractivity contribution in [3.8, 4) is 0 Å². The van der Waals surface area contributed by atoms with Crippen molar-refractivity contribution < 1.29 is 49.3 Å². The quantitative estimate of drug-likeness (QED) is 0.0196. The lowest BCUT2D eigenvalue weighted by atomic mass is 9.99. The van der Waals surface area contributed by atoms with Gasteiger partial charge < -0.3 is 45.1 Å². The number of aliphatic hydroxyl groups excluding tert-OH is 5. The number of rotatable bonds is 48. The van der Waals surface area contributed by atoms with E-state index in [0.29, 0.717) is 19.4 Å². The summed E-state index contributed by atoms with van der Waals surface area (Å²) in [5, 5.41) is 54.1. The minimum atomic E-state index is -1.57. The van der Waals surface area contributed by atoms with Gasteiger partial charge in [0.1, 0.15) is 24.4 Å². The Hall–Kier alpha value is -1.86. The van der Waals surface area contributed by atoms with Crippen molar-refractivity contribution in [3.63, 3.8) is 0 Å². The molecule has 0 bridgehead atoms. The summed E-state index contributed by atoms with van der Waals surface area (Å²) in [5.74, 6) is -0.207. The highest BCUT2D eigenvalue weighted by molar-refractivity contribution is 5.76. The Morgan fingerprint density at radius 1 is 0.537 bits per heavy atom. The molecular weight excluding hydrogens is 847 g/mol. The molecule has 7 atom stereocenters. The Morgan fingerprint density at radius 3 is 1.46 bits per heavy atom. The second-order valence-electron chi connectivity index (χ2n) is 19.6. The van der Waals surface area contributed by atoms with Crippen LogP contribution in [0.25, 0.3) is 0 Å². The maximum absolute atomic E-state index is 13.0. The molecule has 1 rings (SSSR count). The van der Waals surface area contributed by atoms with Crippen molar-refractivity contribution in [3.05, 3.63) is 24.3 Å². The molecule has 0 aliphatic carbocycles. The van der Waals surface area contributed by atoms with Crippen LogP contribution in [0.3, 0.4) is 0 Å². The number of esters is 1. The van der Waals surface area contributed by atoms with Crippen LogP contribution in [0.1, 0.15) is 258 Å². The normalized spacial score (nSPS) is 19.7. The molecular formula is C56H105NO10. The zero-order valence-corrected chi connectivity index (χ0v) is 43.1. The summed E-state index contributed by atoms with van der Waals surface area (Å²) in [6, 6.07) is -0.811. The molecule has 0 aromatic rings. The molecule has 1 aliphatic heterocycles. The third kappa shape index (κ3) is 36.7. The van der Waals surface area contributed by atoms with E-state index in [2.05, 4.69) is 31.3 Å². The van der Waals surface area contributed by atoms with Crippen LogP contribution in [0.15, 0.2) is 24.3 Å². The van der Waals surface area contributed by atoms with Crippen LogP contribution in [-0.4, -0.2) is 100 Å². The fourth-order valence-electron chi connectivity index (χ4n) is 8.78. The number of hydrogen-bond donors (Lipinski definition) is 6. The first-order valence-electron chi connectivity index (χ1n) is 28.1. The van der Waals surface area contributed by atoms with Gasteiger partial charge in [-0.1, -0.05) is 212 Å². The van der Waals surface area contributed by atoms with E-state index in [1.54, 1.807) is 6.08 Å². The first kappa shape index (κ1) is 63.2. The molecule has 1 fully saturated rings. The van der Waals surface area contributed by atoms with E-state index in [0.717, 1.165) is 64.2 Å². The molecule has 67 heavy (non-hydrogen) atoms. The Kier molecular flexibility index (Phi) is 43.8. The monoisotopic (exact) mass is 952 g/mol. The highest BCUT2D eigenvalue weighted by atomic mass is 16.7. The number of unbranched alkanes of at least 4 members (excludes halogenated alkanes) is 32. The van der Waals surface area contributed by atoms with Crippen molar-refractivity contribution in [1.82, 2.24) is 5.32 Å². The van der Waals surface area contributed by atoms with Crippen LogP contribution in [-0.2, 0) is 23.8 Å². The summed E-state index contributed by atoms with van der Waals surface area (Å²) >= 11 is 0. The van der Waals surface area contributed by atoms with E-state index in [1.807, 2.05) is 6.08 Å². The van der Waals surface area contributed by atoms with Gasteiger partial charge in [0, 0.05) is 12.8 Å². The van der Waals surface area contributed by atoms with E-state index in [9.17, 15) is 35.1 Å². The standard InChI is InChI=1S/C56H105NO10/c1-3-5-7-9-11-13-14-24-28-32-36-40-44-52(61)65-45-41-37-33-29-25-22-20-18-16-15-17-19-21-23-27-31-35-39-43-51(60)57-48(49(59)42-38-34-30-26-12-10-8-6-4-2)47-66-56-55(64)54(63)53(62)50(46-58)67-56/h11,13,38,42,48-50,53-56,58-59,62-64H,3-10,12,14-37,39-41,43-47H2,1-2H3,(H,57,60)/b13-11-,42-38+. The first-order chi connectivity index (χ1) is 32.7. The number of ether oxygens (including phenoxy) is 3. The summed E-state index contributed by atoms with van der Waals surface area (Å²) in [4.78, 5) is 25.0. The summed E-state index contributed by atoms with van der Waals surface area (Å²) in [6.45, 7) is 4.27. The third-order valence-electron chi connectivity index (χ3n) is 13.3. The number of allylic oxidation sites excluding steroid dienone is 3. The molecule has 11 nitrogen and oxygen atoms in total. The van der Waals surface area contributed by atoms with E-state index < -0.39 is 49.5 Å². The Morgan fingerprint density at radius 2 is 0.955 bits per heavy atom. The van der Waals surface area contributed by atoms with E-state index in [1.165, 1.54) is 167 Å². The van der Waals surface area contributed by atoms with Crippen LogP contribution in [0.2, 0.25) is 0 Å². The summed E-state index contributed by atoms with van der Waals surface area (Å²) in [7, 11) is 0. The van der Waals surface area contributed by atoms with E-state index >= 15 is 0 Å². The van der Waals surface area contributed by atoms with E-state index in [4.69, 9.17) is 14.2 Å².